The average molecular weight is 146 g/mol. The highest BCUT2D eigenvalue weighted by atomic mass is 28.1. The Hall–Kier alpha value is 0.137. The normalized spacial score (nSPS) is 13.0. The van der Waals surface area contributed by atoms with Crippen molar-refractivity contribution in [2.45, 2.75) is 25.1 Å². The Morgan fingerprint density at radius 3 is 1.56 bits per heavy atom. The molecule has 56 valence electrons. The first kappa shape index (κ1) is 9.14. The smallest absolute Gasteiger partial charge is 0.0585 e. The number of hydrogen-bond acceptors (Lipinski definition) is 2. The van der Waals surface area contributed by atoms with Gasteiger partial charge in [0.05, 0.1) is 6.17 Å². The van der Waals surface area contributed by atoms with E-state index in [1.165, 1.54) is 10.2 Å². The minimum atomic E-state index is 0.434. The molecule has 9 heavy (non-hydrogen) atoms. The Bertz CT molecular complexity index is 73.6. The second kappa shape index (κ2) is 3.34. The number of hydrogen-bond donors (Lipinski definition) is 2. The van der Waals surface area contributed by atoms with E-state index in [4.69, 9.17) is 0 Å². The van der Waals surface area contributed by atoms with Crippen molar-refractivity contribution in [2.24, 2.45) is 0 Å². The molecule has 0 radical (unpaired) electrons. The summed E-state index contributed by atoms with van der Waals surface area (Å²) in [5.41, 5.74) is 0. The maximum atomic E-state index is 3.22. The summed E-state index contributed by atoms with van der Waals surface area (Å²) in [6.07, 6.45) is 0.462. The lowest BCUT2D eigenvalue weighted by atomic mass is 10.1. The lowest BCUT2D eigenvalue weighted by Crippen LogP contribution is -2.45. The van der Waals surface area contributed by atoms with Gasteiger partial charge in [0.25, 0.3) is 0 Å². The van der Waals surface area contributed by atoms with E-state index in [0.29, 0.717) is 11.2 Å². The van der Waals surface area contributed by atoms with Crippen LogP contribution >= 0.6 is 0 Å². The van der Waals surface area contributed by atoms with E-state index in [9.17, 15) is 0 Å². The van der Waals surface area contributed by atoms with E-state index < -0.39 is 0 Å². The molecule has 0 aliphatic carbocycles. The van der Waals surface area contributed by atoms with E-state index in [1.54, 1.807) is 0 Å². The van der Waals surface area contributed by atoms with Crippen LogP contribution < -0.4 is 10.6 Å². The molecule has 0 aromatic heterocycles. The fourth-order valence-corrected chi connectivity index (χ4v) is 1.59. The topological polar surface area (TPSA) is 24.1 Å². The molecule has 3 heteroatoms. The first-order chi connectivity index (χ1) is 4.02. The molecule has 0 rings (SSSR count). The maximum Gasteiger partial charge on any atom is 0.0585 e. The van der Waals surface area contributed by atoms with Crippen LogP contribution in [0, 0.1) is 0 Å². The summed E-state index contributed by atoms with van der Waals surface area (Å²) in [5, 5.41) is 6.86. The van der Waals surface area contributed by atoms with Crippen LogP contribution in [-0.2, 0) is 0 Å². The highest BCUT2D eigenvalue weighted by Gasteiger charge is 2.20. The molecule has 0 amide bonds. The Balaban J connectivity index is 3.79. The zero-order chi connectivity index (χ0) is 7.49. The van der Waals surface area contributed by atoms with Crippen molar-refractivity contribution < 1.29 is 0 Å². The lowest BCUT2D eigenvalue weighted by molar-refractivity contribution is 0.396. The summed E-state index contributed by atoms with van der Waals surface area (Å²) >= 11 is 0. The number of rotatable bonds is 3. The summed E-state index contributed by atoms with van der Waals surface area (Å²) in [6.45, 7) is 4.52. The van der Waals surface area contributed by atoms with E-state index in [-0.39, 0.29) is 0 Å². The molecule has 0 saturated carbocycles. The molecule has 0 spiro atoms. The first-order valence-electron chi connectivity index (χ1n) is 3.37. The van der Waals surface area contributed by atoms with Crippen LogP contribution in [0.1, 0.15) is 13.8 Å². The summed E-state index contributed by atoms with van der Waals surface area (Å²) in [5.74, 6) is 0. The van der Waals surface area contributed by atoms with Crippen LogP contribution in [0.25, 0.3) is 0 Å². The van der Waals surface area contributed by atoms with Crippen molar-refractivity contribution in [2.75, 3.05) is 14.1 Å². The van der Waals surface area contributed by atoms with Gasteiger partial charge in [-0.1, -0.05) is 13.8 Å². The van der Waals surface area contributed by atoms with Gasteiger partial charge in [0.1, 0.15) is 0 Å². The second-order valence-corrected chi connectivity index (χ2v) is 5.95. The van der Waals surface area contributed by atoms with Crippen molar-refractivity contribution in [3.8, 4) is 0 Å². The average Bonchev–Trinajstić information content (AvgIpc) is 1.65. The fourth-order valence-electron chi connectivity index (χ4n) is 1.01. The zero-order valence-electron chi connectivity index (χ0n) is 7.08. The summed E-state index contributed by atoms with van der Waals surface area (Å²) < 4.78 is 0. The van der Waals surface area contributed by atoms with Crippen molar-refractivity contribution in [3.05, 3.63) is 0 Å². The van der Waals surface area contributed by atoms with Gasteiger partial charge in [-0.15, -0.1) is 0 Å². The van der Waals surface area contributed by atoms with Crippen LogP contribution in [0.2, 0.25) is 5.04 Å². The lowest BCUT2D eigenvalue weighted by Gasteiger charge is -2.29. The van der Waals surface area contributed by atoms with E-state index in [0.717, 1.165) is 0 Å². The van der Waals surface area contributed by atoms with Crippen LogP contribution in [0.15, 0.2) is 0 Å². The Labute approximate surface area is 60.8 Å². The third-order valence-electron chi connectivity index (χ3n) is 1.44. The molecule has 0 aliphatic heterocycles. The molecule has 0 bridgehead atoms. The van der Waals surface area contributed by atoms with Crippen molar-refractivity contribution in [3.63, 3.8) is 0 Å². The standard InChI is InChI=1S/C6H18N2Si/c1-6(2,9)5(7-3)8-4/h5,7-8H,1-4,9H3. The van der Waals surface area contributed by atoms with E-state index in [1.807, 2.05) is 14.1 Å². The van der Waals surface area contributed by atoms with Crippen molar-refractivity contribution >= 4 is 10.2 Å². The van der Waals surface area contributed by atoms with Gasteiger partial charge in [-0.25, -0.2) is 0 Å². The van der Waals surface area contributed by atoms with Gasteiger partial charge in [0, 0.05) is 10.2 Å². The van der Waals surface area contributed by atoms with Gasteiger partial charge >= 0.3 is 0 Å². The highest BCUT2D eigenvalue weighted by molar-refractivity contribution is 6.15. The SMILES string of the molecule is CNC(NC)C(C)(C)[SiH3]. The number of nitrogens with one attached hydrogen (secondary N) is 2. The monoisotopic (exact) mass is 146 g/mol. The second-order valence-electron chi connectivity index (χ2n) is 3.38. The highest BCUT2D eigenvalue weighted by Crippen LogP contribution is 2.20. The van der Waals surface area contributed by atoms with Crippen LogP contribution in [0.3, 0.4) is 0 Å². The Morgan fingerprint density at radius 2 is 1.56 bits per heavy atom. The summed E-state index contributed by atoms with van der Waals surface area (Å²) in [6, 6.07) is 0. The first-order valence-corrected chi connectivity index (χ1v) is 4.37. The Kier molecular flexibility index (Phi) is 3.39. The third-order valence-corrected chi connectivity index (χ3v) is 2.02. The van der Waals surface area contributed by atoms with Gasteiger partial charge in [-0.2, -0.15) is 0 Å². The van der Waals surface area contributed by atoms with E-state index in [2.05, 4.69) is 24.5 Å². The molecule has 0 aromatic rings. The molecule has 0 aromatic carbocycles. The quantitative estimate of drug-likeness (QED) is 0.407. The van der Waals surface area contributed by atoms with Gasteiger partial charge in [0.2, 0.25) is 0 Å². The molecule has 2 N–H and O–H groups in total. The fraction of sp³-hybridized carbons (Fsp3) is 1.00. The van der Waals surface area contributed by atoms with Crippen LogP contribution in [-0.4, -0.2) is 30.5 Å². The molecule has 0 unspecified atom stereocenters. The minimum absolute atomic E-state index is 0.434. The van der Waals surface area contributed by atoms with Gasteiger partial charge in [-0.3, -0.25) is 0 Å². The summed E-state index contributed by atoms with van der Waals surface area (Å²) in [4.78, 5) is 0. The molecular formula is C6H18N2Si. The maximum absolute atomic E-state index is 3.22. The van der Waals surface area contributed by atoms with E-state index >= 15 is 0 Å². The third kappa shape index (κ3) is 2.98. The minimum Gasteiger partial charge on any atom is -0.305 e. The largest absolute Gasteiger partial charge is 0.305 e. The Morgan fingerprint density at radius 1 is 1.22 bits per heavy atom. The van der Waals surface area contributed by atoms with Crippen LogP contribution in [0.5, 0.6) is 0 Å². The van der Waals surface area contributed by atoms with Gasteiger partial charge < -0.3 is 10.6 Å². The van der Waals surface area contributed by atoms with Gasteiger partial charge in [0.15, 0.2) is 0 Å². The molecule has 0 fully saturated rings. The van der Waals surface area contributed by atoms with Crippen molar-refractivity contribution in [1.29, 1.82) is 0 Å². The van der Waals surface area contributed by atoms with Gasteiger partial charge in [-0.05, 0) is 19.1 Å². The van der Waals surface area contributed by atoms with Crippen LogP contribution in [0.4, 0.5) is 0 Å². The van der Waals surface area contributed by atoms with Crippen molar-refractivity contribution in [1.82, 2.24) is 10.6 Å². The molecule has 0 aliphatic rings. The molecule has 0 atom stereocenters. The molecule has 0 heterocycles. The molecule has 0 saturated heterocycles. The predicted molar refractivity (Wildman–Crippen MR) is 45.9 cm³/mol. The predicted octanol–water partition coefficient (Wildman–Crippen LogP) is -0.685. The molecular weight excluding hydrogens is 128 g/mol. The molecule has 2 nitrogen and oxygen atoms in total. The summed E-state index contributed by atoms with van der Waals surface area (Å²) in [7, 11) is 5.18. The zero-order valence-corrected chi connectivity index (χ0v) is 9.08.